The summed E-state index contributed by atoms with van der Waals surface area (Å²) in [7, 11) is -1.79. The third kappa shape index (κ3) is 2.84. The van der Waals surface area contributed by atoms with Gasteiger partial charge in [-0.25, -0.2) is 0 Å². The van der Waals surface area contributed by atoms with E-state index in [1.54, 1.807) is 24.3 Å². The average Bonchev–Trinajstić information content (AvgIpc) is 2.70. The van der Waals surface area contributed by atoms with Crippen LogP contribution in [0.4, 0.5) is 0 Å². The zero-order valence-electron chi connectivity index (χ0n) is 15.0. The molecule has 0 amide bonds. The lowest BCUT2D eigenvalue weighted by molar-refractivity contribution is 0.286. The summed E-state index contributed by atoms with van der Waals surface area (Å²) in [5, 5.41) is 3.31. The monoisotopic (exact) mass is 394 g/mol. The maximum Gasteiger partial charge on any atom is 0.362 e. The van der Waals surface area contributed by atoms with Gasteiger partial charge in [0.25, 0.3) is 0 Å². The number of rotatable bonds is 6. The number of hydrogen-bond donors (Lipinski definition) is 0. The van der Waals surface area contributed by atoms with Gasteiger partial charge in [-0.15, -0.1) is 0 Å². The Morgan fingerprint density at radius 1 is 0.538 bits per heavy atom. The fourth-order valence-electron chi connectivity index (χ4n) is 3.19. The maximum atomic E-state index is 13.3. The number of benzene rings is 3. The smallest absolute Gasteiger partial charge is 0.309 e. The van der Waals surface area contributed by atoms with E-state index in [1.807, 2.05) is 24.3 Å². The molecule has 0 saturated carbocycles. The second kappa shape index (κ2) is 7.24. The van der Waals surface area contributed by atoms with Crippen LogP contribution in [0.5, 0.6) is 0 Å². The van der Waals surface area contributed by atoms with E-state index < -0.39 is 15.2 Å². The average molecular weight is 394 g/mol. The third-order valence-corrected chi connectivity index (χ3v) is 8.37. The fraction of sp³-hybridized carbons (Fsp3) is 0.222. The molecule has 26 heavy (non-hydrogen) atoms. The molecule has 0 aliphatic rings. The molecule has 3 aromatic carbocycles. The Hall–Kier alpha value is -1.52. The maximum absolute atomic E-state index is 13.3. The molecule has 0 N–H and O–H groups in total. The molecular weight excluding hydrogens is 374 g/mol. The number of fused-ring (bicyclic) bond motifs is 2. The highest BCUT2D eigenvalue weighted by Gasteiger charge is 2.35. The molecule has 0 aliphatic heterocycles. The van der Waals surface area contributed by atoms with E-state index in [0.717, 1.165) is 0 Å². The Morgan fingerprint density at radius 3 is 0.962 bits per heavy atom. The van der Waals surface area contributed by atoms with Crippen molar-refractivity contribution in [3.8, 4) is 0 Å². The van der Waals surface area contributed by atoms with Crippen molar-refractivity contribution in [3.63, 3.8) is 0 Å². The normalized spacial score (nSPS) is 12.8. The minimum Gasteiger partial charge on any atom is -0.309 e. The van der Waals surface area contributed by atoms with Gasteiger partial charge in [-0.05, 0) is 21.5 Å². The van der Waals surface area contributed by atoms with Crippen molar-refractivity contribution in [3.05, 3.63) is 48.5 Å². The standard InChI is InChI=1S/C18H20O6P2/c1-21-25(19,22-2)17-13-9-5-7-11-15(13)18(26(20,23-3)24-4)16-12-8-6-10-14(16)17/h5-12H,1-4H3. The summed E-state index contributed by atoms with van der Waals surface area (Å²) in [5.74, 6) is 0. The highest BCUT2D eigenvalue weighted by atomic mass is 31.2. The molecule has 6 nitrogen and oxygen atoms in total. The van der Waals surface area contributed by atoms with Crippen LogP contribution in [0, 0.1) is 0 Å². The molecule has 0 saturated heterocycles. The zero-order chi connectivity index (χ0) is 18.9. The largest absolute Gasteiger partial charge is 0.362 e. The predicted molar refractivity (Wildman–Crippen MR) is 104 cm³/mol. The first-order chi connectivity index (χ1) is 12.5. The fourth-order valence-corrected chi connectivity index (χ4v) is 6.18. The Bertz CT molecular complexity index is 905. The molecule has 0 spiro atoms. The molecule has 0 aliphatic carbocycles. The Balaban J connectivity index is 2.65. The van der Waals surface area contributed by atoms with Crippen molar-refractivity contribution in [2.75, 3.05) is 28.4 Å². The van der Waals surface area contributed by atoms with Crippen LogP contribution in [0.3, 0.4) is 0 Å². The Morgan fingerprint density at radius 2 is 0.769 bits per heavy atom. The highest BCUT2D eigenvalue weighted by Crippen LogP contribution is 2.53. The lowest BCUT2D eigenvalue weighted by Gasteiger charge is -2.23. The zero-order valence-corrected chi connectivity index (χ0v) is 16.8. The Labute approximate surface area is 152 Å². The third-order valence-electron chi connectivity index (χ3n) is 4.38. The van der Waals surface area contributed by atoms with Gasteiger partial charge in [0.2, 0.25) is 0 Å². The van der Waals surface area contributed by atoms with E-state index in [-0.39, 0.29) is 0 Å². The summed E-state index contributed by atoms with van der Waals surface area (Å²) in [6.45, 7) is 0. The second-order valence-electron chi connectivity index (χ2n) is 5.51. The minimum absolute atomic E-state index is 0.427. The number of hydrogen-bond acceptors (Lipinski definition) is 6. The van der Waals surface area contributed by atoms with Gasteiger partial charge in [0.1, 0.15) is 0 Å². The van der Waals surface area contributed by atoms with Crippen molar-refractivity contribution < 1.29 is 27.2 Å². The molecule has 0 aromatic heterocycles. The van der Waals surface area contributed by atoms with Crippen molar-refractivity contribution in [2.45, 2.75) is 0 Å². The van der Waals surface area contributed by atoms with Crippen LogP contribution in [0.25, 0.3) is 21.5 Å². The van der Waals surface area contributed by atoms with Crippen LogP contribution in [0.15, 0.2) is 48.5 Å². The summed E-state index contributed by atoms with van der Waals surface area (Å²) < 4.78 is 47.7. The first kappa shape index (κ1) is 19.2. The van der Waals surface area contributed by atoms with Crippen molar-refractivity contribution in [1.82, 2.24) is 0 Å². The van der Waals surface area contributed by atoms with Gasteiger partial charge in [0, 0.05) is 28.4 Å². The van der Waals surface area contributed by atoms with Crippen LogP contribution in [-0.4, -0.2) is 28.4 Å². The molecule has 0 heterocycles. The van der Waals surface area contributed by atoms with Crippen LogP contribution in [0.2, 0.25) is 0 Å². The summed E-state index contributed by atoms with van der Waals surface area (Å²) in [6, 6.07) is 14.4. The SMILES string of the molecule is COP(=O)(OC)c1c2ccccc2c(P(=O)(OC)OC)c2ccccc12. The van der Waals surface area contributed by atoms with Gasteiger partial charge < -0.3 is 18.1 Å². The summed E-state index contributed by atoms with van der Waals surface area (Å²) in [6.07, 6.45) is 0. The first-order valence-corrected chi connectivity index (χ1v) is 10.9. The molecule has 8 heteroatoms. The lowest BCUT2D eigenvalue weighted by atomic mass is 10.0. The summed E-state index contributed by atoms with van der Waals surface area (Å²) in [5.41, 5.74) is 0. The van der Waals surface area contributed by atoms with Crippen molar-refractivity contribution in [2.24, 2.45) is 0 Å². The van der Waals surface area contributed by atoms with E-state index in [4.69, 9.17) is 18.1 Å². The van der Waals surface area contributed by atoms with E-state index >= 15 is 0 Å². The van der Waals surface area contributed by atoms with Crippen LogP contribution >= 0.6 is 15.2 Å². The molecular formula is C18H20O6P2. The molecule has 138 valence electrons. The summed E-state index contributed by atoms with van der Waals surface area (Å²) in [4.78, 5) is 0. The van der Waals surface area contributed by atoms with Gasteiger partial charge in [-0.1, -0.05) is 48.5 Å². The van der Waals surface area contributed by atoms with Crippen LogP contribution in [-0.2, 0) is 27.2 Å². The van der Waals surface area contributed by atoms with Crippen molar-refractivity contribution >= 4 is 47.3 Å². The van der Waals surface area contributed by atoms with Crippen LogP contribution in [0.1, 0.15) is 0 Å². The summed E-state index contributed by atoms with van der Waals surface area (Å²) >= 11 is 0. The highest BCUT2D eigenvalue weighted by molar-refractivity contribution is 7.64. The lowest BCUT2D eigenvalue weighted by Crippen LogP contribution is -2.19. The second-order valence-corrected chi connectivity index (χ2v) is 9.86. The quantitative estimate of drug-likeness (QED) is 0.461. The molecule has 0 bridgehead atoms. The Kier molecular flexibility index (Phi) is 5.36. The molecule has 3 rings (SSSR count). The van der Waals surface area contributed by atoms with Gasteiger partial charge in [0.05, 0.1) is 10.6 Å². The van der Waals surface area contributed by atoms with E-state index in [2.05, 4.69) is 0 Å². The van der Waals surface area contributed by atoms with Gasteiger partial charge >= 0.3 is 15.2 Å². The van der Waals surface area contributed by atoms with Gasteiger partial charge in [-0.2, -0.15) is 0 Å². The van der Waals surface area contributed by atoms with Gasteiger partial charge in [0.15, 0.2) is 0 Å². The van der Waals surface area contributed by atoms with Crippen molar-refractivity contribution in [1.29, 1.82) is 0 Å². The van der Waals surface area contributed by atoms with E-state index in [1.165, 1.54) is 28.4 Å². The van der Waals surface area contributed by atoms with Crippen LogP contribution < -0.4 is 10.6 Å². The minimum atomic E-state index is -3.58. The molecule has 0 atom stereocenters. The topological polar surface area (TPSA) is 71.1 Å². The molecule has 3 aromatic rings. The van der Waals surface area contributed by atoms with Gasteiger partial charge in [-0.3, -0.25) is 9.13 Å². The molecule has 0 unspecified atom stereocenters. The van der Waals surface area contributed by atoms with E-state index in [9.17, 15) is 9.13 Å². The molecule has 0 radical (unpaired) electrons. The first-order valence-electron chi connectivity index (χ1n) is 7.83. The predicted octanol–water partition coefficient (Wildman–Crippen LogP) is 4.22. The van der Waals surface area contributed by atoms with E-state index in [0.29, 0.717) is 32.2 Å². The molecule has 0 fully saturated rings.